The van der Waals surface area contributed by atoms with E-state index in [1.54, 1.807) is 7.11 Å². The van der Waals surface area contributed by atoms with E-state index in [0.29, 0.717) is 0 Å². The predicted octanol–water partition coefficient (Wildman–Crippen LogP) is 3.78. The number of nitrogens with one attached hydrogen (secondary N) is 1. The maximum Gasteiger partial charge on any atom is 0.120 e. The Morgan fingerprint density at radius 3 is 2.55 bits per heavy atom. The number of methoxy groups -OCH3 is 1. The van der Waals surface area contributed by atoms with Gasteiger partial charge in [-0.25, -0.2) is 0 Å². The summed E-state index contributed by atoms with van der Waals surface area (Å²) in [5.74, 6) is 0.635. The van der Waals surface area contributed by atoms with E-state index in [0.717, 1.165) is 22.6 Å². The van der Waals surface area contributed by atoms with Crippen molar-refractivity contribution >= 4 is 5.69 Å². The number of hydrogen-bond acceptors (Lipinski definition) is 3. The van der Waals surface area contributed by atoms with Gasteiger partial charge in [-0.05, 0) is 24.1 Å². The summed E-state index contributed by atoms with van der Waals surface area (Å²) in [6, 6.07) is 16.6. The van der Waals surface area contributed by atoms with Crippen LogP contribution in [0.25, 0.3) is 0 Å². The van der Waals surface area contributed by atoms with Crippen LogP contribution in [-0.2, 0) is 0 Å². The van der Waals surface area contributed by atoms with Crippen molar-refractivity contribution in [3.8, 4) is 11.8 Å². The molecular formula is C17H16N2O. The average Bonchev–Trinajstić information content (AvgIpc) is 2.85. The fourth-order valence-corrected chi connectivity index (χ4v) is 2.68. The van der Waals surface area contributed by atoms with Crippen LogP contribution in [0.1, 0.15) is 28.7 Å². The highest BCUT2D eigenvalue weighted by Crippen LogP contribution is 2.44. The number of ether oxygens (including phenoxy) is 1. The zero-order valence-electron chi connectivity index (χ0n) is 11.6. The Morgan fingerprint density at radius 1 is 1.15 bits per heavy atom. The molecule has 0 fully saturated rings. The lowest BCUT2D eigenvalue weighted by atomic mass is 9.91. The van der Waals surface area contributed by atoms with Gasteiger partial charge in [0.25, 0.3) is 0 Å². The minimum Gasteiger partial charge on any atom is -0.497 e. The molecule has 100 valence electrons. The van der Waals surface area contributed by atoms with Crippen LogP contribution in [-0.4, -0.2) is 7.11 Å². The highest BCUT2D eigenvalue weighted by atomic mass is 16.5. The summed E-state index contributed by atoms with van der Waals surface area (Å²) in [7, 11) is 1.65. The first-order chi connectivity index (χ1) is 9.72. The highest BCUT2D eigenvalue weighted by Gasteiger charge is 2.33. The summed E-state index contributed by atoms with van der Waals surface area (Å²) in [5, 5.41) is 12.9. The monoisotopic (exact) mass is 264 g/mol. The summed E-state index contributed by atoms with van der Waals surface area (Å²) in [4.78, 5) is 0. The summed E-state index contributed by atoms with van der Waals surface area (Å²) in [6.07, 6.45) is 0. The molecule has 0 spiro atoms. The lowest BCUT2D eigenvalue weighted by Gasteiger charge is -2.15. The highest BCUT2D eigenvalue weighted by molar-refractivity contribution is 5.65. The topological polar surface area (TPSA) is 45.0 Å². The molecule has 2 unspecified atom stereocenters. The number of anilines is 1. The molecule has 2 aromatic carbocycles. The summed E-state index contributed by atoms with van der Waals surface area (Å²) in [6.45, 7) is 2.06. The molecule has 2 atom stereocenters. The summed E-state index contributed by atoms with van der Waals surface area (Å²) >= 11 is 0. The van der Waals surface area contributed by atoms with E-state index in [1.807, 2.05) is 18.2 Å². The molecule has 3 nitrogen and oxygen atoms in total. The minimum atomic E-state index is -0.168. The molecule has 3 heteroatoms. The van der Waals surface area contributed by atoms with Crippen LogP contribution in [0.15, 0.2) is 42.5 Å². The number of hydrogen-bond donors (Lipinski definition) is 1. The molecule has 0 saturated carbocycles. The van der Waals surface area contributed by atoms with Crippen molar-refractivity contribution in [2.75, 3.05) is 12.4 Å². The van der Waals surface area contributed by atoms with Crippen LogP contribution in [0.5, 0.6) is 5.75 Å². The van der Waals surface area contributed by atoms with Crippen molar-refractivity contribution in [2.24, 2.45) is 0 Å². The largest absolute Gasteiger partial charge is 0.497 e. The van der Waals surface area contributed by atoms with Gasteiger partial charge in [-0.15, -0.1) is 0 Å². The maximum absolute atomic E-state index is 9.50. The van der Waals surface area contributed by atoms with E-state index in [1.165, 1.54) is 5.56 Å². The first-order valence-electron chi connectivity index (χ1n) is 6.63. The molecule has 0 aliphatic carbocycles. The maximum atomic E-state index is 9.50. The second kappa shape index (κ2) is 4.90. The van der Waals surface area contributed by atoms with Gasteiger partial charge < -0.3 is 10.1 Å². The first kappa shape index (κ1) is 12.6. The van der Waals surface area contributed by atoms with E-state index < -0.39 is 0 Å². The lowest BCUT2D eigenvalue weighted by molar-refractivity contribution is 0.415. The van der Waals surface area contributed by atoms with Crippen LogP contribution in [0.3, 0.4) is 0 Å². The van der Waals surface area contributed by atoms with Crippen LogP contribution >= 0.6 is 0 Å². The molecule has 1 heterocycles. The number of aryl methyl sites for hydroxylation is 1. The fourth-order valence-electron chi connectivity index (χ4n) is 2.68. The van der Waals surface area contributed by atoms with Crippen LogP contribution in [0.2, 0.25) is 0 Å². The number of nitrogens with zero attached hydrogens (tertiary/aromatic N) is 1. The van der Waals surface area contributed by atoms with Gasteiger partial charge in [0.05, 0.1) is 25.1 Å². The Balaban J connectivity index is 2.00. The van der Waals surface area contributed by atoms with E-state index in [-0.39, 0.29) is 12.0 Å². The van der Waals surface area contributed by atoms with Gasteiger partial charge in [0.2, 0.25) is 0 Å². The molecule has 1 aliphatic rings. The number of rotatable bonds is 2. The van der Waals surface area contributed by atoms with Gasteiger partial charge in [-0.2, -0.15) is 5.26 Å². The molecule has 1 N–H and O–H groups in total. The van der Waals surface area contributed by atoms with Gasteiger partial charge in [0.1, 0.15) is 5.75 Å². The van der Waals surface area contributed by atoms with Crippen LogP contribution in [0, 0.1) is 18.3 Å². The van der Waals surface area contributed by atoms with E-state index in [2.05, 4.69) is 42.6 Å². The van der Waals surface area contributed by atoms with Gasteiger partial charge >= 0.3 is 0 Å². The SMILES string of the molecule is COc1ccc2c(c1)NC(c1ccc(C)cc1)C2C#N. The second-order valence-electron chi connectivity index (χ2n) is 5.09. The predicted molar refractivity (Wildman–Crippen MR) is 78.9 cm³/mol. The Labute approximate surface area is 118 Å². The van der Waals surface area contributed by atoms with Crippen LogP contribution in [0.4, 0.5) is 5.69 Å². The van der Waals surface area contributed by atoms with Gasteiger partial charge in [0, 0.05) is 11.8 Å². The molecule has 20 heavy (non-hydrogen) atoms. The Kier molecular flexibility index (Phi) is 3.08. The number of nitriles is 1. The minimum absolute atomic E-state index is 0.00251. The Bertz CT molecular complexity index is 670. The number of benzene rings is 2. The van der Waals surface area contributed by atoms with Gasteiger partial charge in [0.15, 0.2) is 0 Å². The average molecular weight is 264 g/mol. The van der Waals surface area contributed by atoms with E-state index >= 15 is 0 Å². The third-order valence-electron chi connectivity index (χ3n) is 3.82. The third-order valence-corrected chi connectivity index (χ3v) is 3.82. The Hall–Kier alpha value is -2.47. The zero-order valence-corrected chi connectivity index (χ0v) is 11.6. The smallest absolute Gasteiger partial charge is 0.120 e. The number of fused-ring (bicyclic) bond motifs is 1. The second-order valence-corrected chi connectivity index (χ2v) is 5.09. The van der Waals surface area contributed by atoms with Gasteiger partial charge in [-0.1, -0.05) is 35.9 Å². The molecular weight excluding hydrogens is 248 g/mol. The summed E-state index contributed by atoms with van der Waals surface area (Å²) in [5.41, 5.74) is 4.39. The molecule has 0 amide bonds. The molecule has 2 aromatic rings. The first-order valence-corrected chi connectivity index (χ1v) is 6.63. The van der Waals surface area contributed by atoms with Gasteiger partial charge in [-0.3, -0.25) is 0 Å². The lowest BCUT2D eigenvalue weighted by Crippen LogP contribution is -2.10. The molecule has 1 aliphatic heterocycles. The van der Waals surface area contributed by atoms with E-state index in [4.69, 9.17) is 4.74 Å². The van der Waals surface area contributed by atoms with Crippen molar-refractivity contribution in [2.45, 2.75) is 18.9 Å². The van der Waals surface area contributed by atoms with Crippen molar-refractivity contribution in [3.05, 3.63) is 59.2 Å². The molecule has 0 saturated heterocycles. The molecule has 0 bridgehead atoms. The van der Waals surface area contributed by atoms with Crippen molar-refractivity contribution in [1.29, 1.82) is 5.26 Å². The van der Waals surface area contributed by atoms with Crippen molar-refractivity contribution in [3.63, 3.8) is 0 Å². The van der Waals surface area contributed by atoms with Crippen molar-refractivity contribution < 1.29 is 4.74 Å². The van der Waals surface area contributed by atoms with E-state index in [9.17, 15) is 5.26 Å². The third kappa shape index (κ3) is 2.00. The standard InChI is InChI=1S/C17H16N2O/c1-11-3-5-12(6-4-11)17-15(10-18)14-8-7-13(20-2)9-16(14)19-17/h3-9,15,17,19H,1-2H3. The zero-order chi connectivity index (χ0) is 14.1. The molecule has 0 aromatic heterocycles. The molecule has 3 rings (SSSR count). The molecule has 0 radical (unpaired) electrons. The normalized spacial score (nSPS) is 19.9. The fraction of sp³-hybridized carbons (Fsp3) is 0.235. The van der Waals surface area contributed by atoms with Crippen LogP contribution < -0.4 is 10.1 Å². The Morgan fingerprint density at radius 2 is 1.90 bits per heavy atom. The quantitative estimate of drug-likeness (QED) is 0.897. The van der Waals surface area contributed by atoms with Crippen molar-refractivity contribution in [1.82, 2.24) is 0 Å². The summed E-state index contributed by atoms with van der Waals surface area (Å²) < 4.78 is 5.24.